The molecule has 0 aromatic heterocycles. The van der Waals surface area contributed by atoms with Crippen LogP contribution in [0, 0.1) is 10.8 Å². The third-order valence-electron chi connectivity index (χ3n) is 2.12. The smallest absolute Gasteiger partial charge is 0.104 e. The minimum absolute atomic E-state index is 0.167. The van der Waals surface area contributed by atoms with Crippen LogP contribution in [-0.4, -0.2) is 5.54 Å². The summed E-state index contributed by atoms with van der Waals surface area (Å²) < 4.78 is 0. The van der Waals surface area contributed by atoms with Gasteiger partial charge in [0.1, 0.15) is 5.70 Å². The lowest BCUT2D eigenvalue weighted by Gasteiger charge is -2.28. The summed E-state index contributed by atoms with van der Waals surface area (Å²) in [7, 11) is 0. The van der Waals surface area contributed by atoms with Crippen LogP contribution in [0.25, 0.3) is 0 Å². The molecule has 0 aromatic rings. The van der Waals surface area contributed by atoms with E-state index in [4.69, 9.17) is 5.73 Å². The largest absolute Gasteiger partial charge is 0.322 e. The van der Waals surface area contributed by atoms with Gasteiger partial charge in [-0.3, -0.25) is 0 Å². The van der Waals surface area contributed by atoms with E-state index in [0.29, 0.717) is 5.70 Å². The van der Waals surface area contributed by atoms with Crippen LogP contribution in [0.15, 0.2) is 29.1 Å². The van der Waals surface area contributed by atoms with Crippen LogP contribution >= 0.6 is 0 Å². The highest BCUT2D eigenvalue weighted by atomic mass is 16.3. The fraction of sp³-hybridized carbons (Fsp3) is 0.500. The number of nitrogens with two attached hydrogens (primary N) is 1. The van der Waals surface area contributed by atoms with Crippen molar-refractivity contribution in [3.63, 3.8) is 0 Å². The predicted octanol–water partition coefficient (Wildman–Crippen LogP) is 1.56. The summed E-state index contributed by atoms with van der Waals surface area (Å²) >= 11 is 0. The van der Waals surface area contributed by atoms with E-state index < -0.39 is 0 Å². The number of nitrogens with zero attached hydrogens (tertiary/aromatic N) is 1. The molecular weight excluding hydrogens is 140 g/mol. The Morgan fingerprint density at radius 2 is 2.36 bits per heavy atom. The van der Waals surface area contributed by atoms with Crippen molar-refractivity contribution >= 4 is 0 Å². The van der Waals surface area contributed by atoms with Crippen molar-refractivity contribution in [2.24, 2.45) is 16.8 Å². The van der Waals surface area contributed by atoms with Gasteiger partial charge in [0.05, 0.1) is 0 Å². The quantitative estimate of drug-likeness (QED) is 0.579. The summed E-state index contributed by atoms with van der Waals surface area (Å²) in [5.41, 5.74) is 6.00. The molecular formula is C8H12N2O. The van der Waals surface area contributed by atoms with Crippen LogP contribution in [0.1, 0.15) is 13.8 Å². The second-order valence-corrected chi connectivity index (χ2v) is 3.17. The molecule has 2 N–H and O–H groups in total. The summed E-state index contributed by atoms with van der Waals surface area (Å²) in [6.45, 7) is 3.89. The fourth-order valence-corrected chi connectivity index (χ4v) is 0.969. The third kappa shape index (κ3) is 1.54. The van der Waals surface area contributed by atoms with Crippen LogP contribution in [0.5, 0.6) is 0 Å². The van der Waals surface area contributed by atoms with Crippen LogP contribution < -0.4 is 5.73 Å². The third-order valence-corrected chi connectivity index (χ3v) is 2.12. The Balaban J connectivity index is 2.88. The number of nitroso groups, excluding NO2 is 1. The van der Waals surface area contributed by atoms with E-state index in [2.05, 4.69) is 5.18 Å². The van der Waals surface area contributed by atoms with Gasteiger partial charge in [-0.25, -0.2) is 0 Å². The molecule has 0 spiro atoms. The maximum absolute atomic E-state index is 10.1. The molecule has 3 nitrogen and oxygen atoms in total. The molecule has 1 aliphatic carbocycles. The zero-order valence-electron chi connectivity index (χ0n) is 6.74. The Kier molecular flexibility index (Phi) is 1.91. The van der Waals surface area contributed by atoms with Crippen molar-refractivity contribution in [2.45, 2.75) is 19.4 Å². The highest BCUT2D eigenvalue weighted by molar-refractivity contribution is 5.29. The summed E-state index contributed by atoms with van der Waals surface area (Å²) in [6.07, 6.45) is 5.26. The van der Waals surface area contributed by atoms with Crippen LogP contribution in [0.3, 0.4) is 0 Å². The molecule has 0 fully saturated rings. The molecule has 0 heterocycles. The summed E-state index contributed by atoms with van der Waals surface area (Å²) in [5, 5.41) is 2.83. The van der Waals surface area contributed by atoms with E-state index in [1.54, 1.807) is 12.2 Å². The zero-order valence-corrected chi connectivity index (χ0v) is 6.74. The van der Waals surface area contributed by atoms with Crippen molar-refractivity contribution in [3.05, 3.63) is 28.8 Å². The fourth-order valence-electron chi connectivity index (χ4n) is 0.969. The Bertz CT molecular complexity index is 228. The van der Waals surface area contributed by atoms with Gasteiger partial charge < -0.3 is 5.73 Å². The average molecular weight is 152 g/mol. The number of hydrogen-bond donors (Lipinski definition) is 1. The Hall–Kier alpha value is -0.960. The molecule has 0 aromatic carbocycles. The van der Waals surface area contributed by atoms with Crippen LogP contribution in [0.2, 0.25) is 0 Å². The first-order chi connectivity index (χ1) is 5.06. The Morgan fingerprint density at radius 3 is 2.82 bits per heavy atom. The van der Waals surface area contributed by atoms with Crippen molar-refractivity contribution in [1.29, 1.82) is 0 Å². The van der Waals surface area contributed by atoms with Crippen molar-refractivity contribution in [2.75, 3.05) is 0 Å². The SMILES string of the molecule is CC1C=C(N=O)C=CC1(C)N. The molecule has 11 heavy (non-hydrogen) atoms. The van der Waals surface area contributed by atoms with Gasteiger partial charge in [-0.1, -0.05) is 19.1 Å². The molecule has 1 rings (SSSR count). The van der Waals surface area contributed by atoms with Crippen molar-refractivity contribution in [3.8, 4) is 0 Å². The minimum Gasteiger partial charge on any atom is -0.322 e. The summed E-state index contributed by atoms with van der Waals surface area (Å²) in [4.78, 5) is 10.1. The first kappa shape index (κ1) is 8.14. The number of hydrogen-bond acceptors (Lipinski definition) is 3. The number of allylic oxidation sites excluding steroid dienone is 1. The topological polar surface area (TPSA) is 55.5 Å². The van der Waals surface area contributed by atoms with Gasteiger partial charge in [0, 0.05) is 5.54 Å². The van der Waals surface area contributed by atoms with Crippen LogP contribution in [-0.2, 0) is 0 Å². The van der Waals surface area contributed by atoms with Gasteiger partial charge in [0.15, 0.2) is 0 Å². The van der Waals surface area contributed by atoms with E-state index in [1.807, 2.05) is 19.9 Å². The Morgan fingerprint density at radius 1 is 1.73 bits per heavy atom. The first-order valence-corrected chi connectivity index (χ1v) is 3.59. The van der Waals surface area contributed by atoms with Gasteiger partial charge in [0.25, 0.3) is 0 Å². The molecule has 0 aliphatic heterocycles. The van der Waals surface area contributed by atoms with Crippen molar-refractivity contribution < 1.29 is 0 Å². The molecule has 0 saturated carbocycles. The van der Waals surface area contributed by atoms with Gasteiger partial charge in [-0.05, 0) is 24.1 Å². The van der Waals surface area contributed by atoms with Gasteiger partial charge >= 0.3 is 0 Å². The minimum atomic E-state index is -0.339. The Labute approximate surface area is 65.9 Å². The summed E-state index contributed by atoms with van der Waals surface area (Å²) in [6, 6.07) is 0. The van der Waals surface area contributed by atoms with E-state index >= 15 is 0 Å². The monoisotopic (exact) mass is 152 g/mol. The molecule has 60 valence electrons. The second kappa shape index (κ2) is 2.58. The van der Waals surface area contributed by atoms with Crippen molar-refractivity contribution in [1.82, 2.24) is 0 Å². The summed E-state index contributed by atoms with van der Waals surface area (Å²) in [5.74, 6) is 0.167. The normalized spacial score (nSPS) is 36.6. The lowest BCUT2D eigenvalue weighted by molar-refractivity contribution is 0.452. The second-order valence-electron chi connectivity index (χ2n) is 3.17. The predicted molar refractivity (Wildman–Crippen MR) is 44.8 cm³/mol. The lowest BCUT2D eigenvalue weighted by atomic mass is 9.84. The molecule has 2 unspecified atom stereocenters. The molecule has 0 saturated heterocycles. The first-order valence-electron chi connectivity index (χ1n) is 3.59. The van der Waals surface area contributed by atoms with E-state index in [9.17, 15) is 4.91 Å². The molecule has 0 radical (unpaired) electrons. The average Bonchev–Trinajstić information content (AvgIpc) is 1.95. The van der Waals surface area contributed by atoms with Gasteiger partial charge in [-0.15, -0.1) is 4.91 Å². The van der Waals surface area contributed by atoms with E-state index in [1.165, 1.54) is 0 Å². The molecule has 0 bridgehead atoms. The lowest BCUT2D eigenvalue weighted by Crippen LogP contribution is -2.41. The van der Waals surface area contributed by atoms with Gasteiger partial charge in [-0.2, -0.15) is 0 Å². The molecule has 1 aliphatic rings. The maximum atomic E-state index is 10.1. The zero-order chi connectivity index (χ0) is 8.48. The highest BCUT2D eigenvalue weighted by Crippen LogP contribution is 2.24. The molecule has 2 atom stereocenters. The van der Waals surface area contributed by atoms with Gasteiger partial charge in [0.2, 0.25) is 0 Å². The molecule has 3 heteroatoms. The van der Waals surface area contributed by atoms with Crippen LogP contribution in [0.4, 0.5) is 0 Å². The number of rotatable bonds is 1. The molecule has 0 amide bonds. The van der Waals surface area contributed by atoms with E-state index in [-0.39, 0.29) is 11.5 Å². The maximum Gasteiger partial charge on any atom is 0.104 e. The highest BCUT2D eigenvalue weighted by Gasteiger charge is 2.24. The standard InChI is InChI=1S/C8H12N2O/c1-6-5-7(10-11)3-4-8(6,2)9/h3-6H,9H2,1-2H3. The van der Waals surface area contributed by atoms with E-state index in [0.717, 1.165) is 0 Å².